The Hall–Kier alpha value is -10.7. The molecule has 14 unspecified atom stereocenters. The molecule has 0 saturated carbocycles. The van der Waals surface area contributed by atoms with Crippen molar-refractivity contribution in [1.29, 1.82) is 0 Å². The number of primary amides is 3. The minimum absolute atomic E-state index is 0.0537. The summed E-state index contributed by atoms with van der Waals surface area (Å²) in [4.78, 5) is 240. The number of aliphatic hydroxyl groups excluding tert-OH is 3. The summed E-state index contributed by atoms with van der Waals surface area (Å²) < 4.78 is 0. The largest absolute Gasteiger partial charge is 0.508 e. The summed E-state index contributed by atoms with van der Waals surface area (Å²) in [5, 5.41) is 91.7. The quantitative estimate of drug-likeness (QED) is 0.0288. The zero-order chi connectivity index (χ0) is 77.7. The Kier molecular flexibility index (Phi) is 35.2. The van der Waals surface area contributed by atoms with Gasteiger partial charge in [0.25, 0.3) is 0 Å². The SMILES string of the molecule is CC(C)CC(NC(=O)C(CC(N)=O)NC(=O)C(CCC(=O)O)NC(=O)CNC(=O)C1CCCN1C(=O)C(CCC(N)=O)NC(=O)C(Cc1ccc(O)cc1)NC(=O)C(CCC(N)=O)NC(=O)C1CCCN1C(=O)C(CCC(=O)O)NC(=O)C(NC(=O)C(CO)NC(=O)C(N)C(C)O)C(C)O)C(=O)O. The highest BCUT2D eigenvalue weighted by Gasteiger charge is 2.43. The number of rotatable bonds is 44. The van der Waals surface area contributed by atoms with Crippen LogP contribution in [0.15, 0.2) is 24.3 Å². The van der Waals surface area contributed by atoms with Crippen LogP contribution in [-0.4, -0.2) is 263 Å². The van der Waals surface area contributed by atoms with Crippen molar-refractivity contribution in [2.45, 2.75) is 209 Å². The number of benzene rings is 1. The number of nitrogens with two attached hydrogens (primary N) is 4. The summed E-state index contributed by atoms with van der Waals surface area (Å²) in [6.07, 6.45) is -9.46. The molecule has 572 valence electrons. The molecule has 41 nitrogen and oxygen atoms in total. The maximum absolute atomic E-state index is 14.7. The second-order valence-corrected chi connectivity index (χ2v) is 25.2. The molecule has 0 bridgehead atoms. The molecule has 41 heteroatoms. The van der Waals surface area contributed by atoms with Crippen molar-refractivity contribution in [1.82, 2.24) is 63.0 Å². The number of phenols is 1. The highest BCUT2D eigenvalue weighted by Crippen LogP contribution is 2.23. The van der Waals surface area contributed by atoms with Gasteiger partial charge in [-0.25, -0.2) is 4.79 Å². The maximum atomic E-state index is 14.7. The summed E-state index contributed by atoms with van der Waals surface area (Å²) in [6.45, 7) is 3.17. The van der Waals surface area contributed by atoms with Gasteiger partial charge >= 0.3 is 17.9 Å². The van der Waals surface area contributed by atoms with Crippen molar-refractivity contribution >= 4 is 107 Å². The van der Waals surface area contributed by atoms with Crippen LogP contribution in [0.5, 0.6) is 5.75 Å². The van der Waals surface area contributed by atoms with Crippen molar-refractivity contribution in [3.05, 3.63) is 29.8 Å². The number of amides is 15. The van der Waals surface area contributed by atoms with Crippen LogP contribution in [0.25, 0.3) is 0 Å². The van der Waals surface area contributed by atoms with E-state index in [1.807, 2.05) is 0 Å². The van der Waals surface area contributed by atoms with Crippen LogP contribution in [0.1, 0.15) is 123 Å². The number of carboxylic acids is 3. The Morgan fingerprint density at radius 2 is 0.913 bits per heavy atom. The van der Waals surface area contributed by atoms with Crippen LogP contribution in [0.3, 0.4) is 0 Å². The molecule has 25 N–H and O–H groups in total. The zero-order valence-corrected chi connectivity index (χ0v) is 57.1. The van der Waals surface area contributed by atoms with Gasteiger partial charge in [-0.3, -0.25) is 81.5 Å². The molecule has 103 heavy (non-hydrogen) atoms. The molecule has 0 spiro atoms. The maximum Gasteiger partial charge on any atom is 0.326 e. The van der Waals surface area contributed by atoms with Crippen LogP contribution in [-0.2, 0) is 92.7 Å². The third-order valence-electron chi connectivity index (χ3n) is 16.3. The lowest BCUT2D eigenvalue weighted by molar-refractivity contribution is -0.144. The van der Waals surface area contributed by atoms with Gasteiger partial charge in [-0.2, -0.15) is 0 Å². The molecular weight excluding hydrogens is 1370 g/mol. The number of likely N-dealkylation sites (tertiary alicyclic amines) is 2. The van der Waals surface area contributed by atoms with Crippen molar-refractivity contribution in [3.8, 4) is 5.75 Å². The third-order valence-corrected chi connectivity index (χ3v) is 16.3. The first kappa shape index (κ1) is 86.5. The fourth-order valence-corrected chi connectivity index (χ4v) is 10.8. The number of aliphatic hydroxyl groups is 3. The predicted molar refractivity (Wildman–Crippen MR) is 352 cm³/mol. The molecular formula is C62H94N16O25. The summed E-state index contributed by atoms with van der Waals surface area (Å²) in [5.41, 5.74) is 22.1. The molecule has 2 fully saturated rings. The minimum atomic E-state index is -1.95. The van der Waals surface area contributed by atoms with Gasteiger partial charge in [-0.05, 0) is 95.2 Å². The molecule has 14 atom stereocenters. The van der Waals surface area contributed by atoms with E-state index in [-0.39, 0.29) is 62.4 Å². The minimum Gasteiger partial charge on any atom is -0.508 e. The van der Waals surface area contributed by atoms with Gasteiger partial charge < -0.3 is 122 Å². The summed E-state index contributed by atoms with van der Waals surface area (Å²) in [5.74, 6) is -21.3. The first-order chi connectivity index (χ1) is 48.2. The smallest absolute Gasteiger partial charge is 0.326 e. The van der Waals surface area contributed by atoms with E-state index in [1.165, 1.54) is 31.2 Å². The molecule has 15 amide bonds. The number of phenolic OH excluding ortho intramolecular Hbond substituents is 1. The van der Waals surface area contributed by atoms with Crippen LogP contribution in [0.2, 0.25) is 0 Å². The van der Waals surface area contributed by atoms with E-state index in [9.17, 15) is 122 Å². The van der Waals surface area contributed by atoms with E-state index < -0.39 is 269 Å². The van der Waals surface area contributed by atoms with Crippen LogP contribution >= 0.6 is 0 Å². The van der Waals surface area contributed by atoms with Crippen molar-refractivity contribution in [2.24, 2.45) is 28.9 Å². The average molecular weight is 1460 g/mol. The lowest BCUT2D eigenvalue weighted by atomic mass is 10.0. The van der Waals surface area contributed by atoms with Crippen molar-refractivity contribution in [3.63, 3.8) is 0 Å². The molecule has 2 heterocycles. The molecule has 0 aliphatic carbocycles. The average Bonchev–Trinajstić information content (AvgIpc) is 1.74. The van der Waals surface area contributed by atoms with Gasteiger partial charge in [0.15, 0.2) is 0 Å². The number of aromatic hydroxyl groups is 1. The standard InChI is InChI=1S/C62H94N16O25/c1-28(2)23-39(62(102)103)74-54(94)38(25-45(65)85)73-51(91)33(15-19-47(87)88)68-46(86)26-67-56(96)41-7-5-21-77(41)60(100)35(14-18-44(64)84)70-53(93)37(24-31-9-11-32(82)12-10-31)72-52(92)34(13-17-43(63)83)69-57(97)42-8-6-22-78(42)61(101)36(16-20-48(89)90)71-59(99)50(30(4)81)76-55(95)40(27-79)75-58(98)49(66)29(3)80/h9-12,28-30,33-42,49-50,79-82H,5-8,13-27,66H2,1-4H3,(H2,63,83)(H2,64,84)(H2,65,85)(H,67,96)(H,68,86)(H,69,97)(H,70,93)(H,71,99)(H,72,92)(H,73,91)(H,74,94)(H,75,98)(H,76,95)(H,87,88)(H,89,90)(H,102,103). The molecule has 1 aromatic rings. The summed E-state index contributed by atoms with van der Waals surface area (Å²) in [6, 6.07) is -15.1. The number of hydrogen-bond donors (Lipinski definition) is 21. The molecule has 2 saturated heterocycles. The number of carboxylic acid groups (broad SMARTS) is 3. The van der Waals surface area contributed by atoms with Gasteiger partial charge in [-0.1, -0.05) is 26.0 Å². The van der Waals surface area contributed by atoms with Gasteiger partial charge in [0.1, 0.15) is 78.3 Å². The van der Waals surface area contributed by atoms with Gasteiger partial charge in [0.2, 0.25) is 88.6 Å². The van der Waals surface area contributed by atoms with Gasteiger partial charge in [-0.15, -0.1) is 0 Å². The van der Waals surface area contributed by atoms with E-state index >= 15 is 0 Å². The first-order valence-corrected chi connectivity index (χ1v) is 32.9. The first-order valence-electron chi connectivity index (χ1n) is 32.9. The number of aliphatic carboxylic acids is 3. The molecule has 3 rings (SSSR count). The molecule has 2 aliphatic heterocycles. The normalized spacial score (nSPS) is 17.6. The Labute approximate surface area is 589 Å². The van der Waals surface area contributed by atoms with E-state index in [4.69, 9.17) is 22.9 Å². The molecule has 1 aromatic carbocycles. The van der Waals surface area contributed by atoms with Crippen LogP contribution < -0.4 is 76.1 Å². The highest BCUT2D eigenvalue weighted by molar-refractivity contribution is 6.01. The fraction of sp³-hybridized carbons (Fsp3) is 0.613. The predicted octanol–water partition coefficient (Wildman–Crippen LogP) is -9.26. The van der Waals surface area contributed by atoms with Crippen LogP contribution in [0.4, 0.5) is 0 Å². The molecule has 0 aromatic heterocycles. The Morgan fingerprint density at radius 3 is 1.39 bits per heavy atom. The van der Waals surface area contributed by atoms with E-state index in [1.54, 1.807) is 13.8 Å². The van der Waals surface area contributed by atoms with E-state index in [0.29, 0.717) is 0 Å². The van der Waals surface area contributed by atoms with Gasteiger partial charge in [0, 0.05) is 45.2 Å². The third kappa shape index (κ3) is 29.1. The van der Waals surface area contributed by atoms with Gasteiger partial charge in [0.05, 0.1) is 31.8 Å². The molecule has 0 radical (unpaired) electrons. The summed E-state index contributed by atoms with van der Waals surface area (Å²) in [7, 11) is 0. The summed E-state index contributed by atoms with van der Waals surface area (Å²) >= 11 is 0. The monoisotopic (exact) mass is 1460 g/mol. The Bertz CT molecular complexity index is 3260. The second-order valence-electron chi connectivity index (χ2n) is 25.2. The van der Waals surface area contributed by atoms with E-state index in [0.717, 1.165) is 16.7 Å². The van der Waals surface area contributed by atoms with E-state index in [2.05, 4.69) is 53.2 Å². The highest BCUT2D eigenvalue weighted by atomic mass is 16.4. The second kappa shape index (κ2) is 41.9. The number of hydrogen-bond acceptors (Lipinski definition) is 23. The lowest BCUT2D eigenvalue weighted by Gasteiger charge is -2.31. The van der Waals surface area contributed by atoms with Crippen molar-refractivity contribution < 1.29 is 122 Å². The number of nitrogens with zero attached hydrogens (tertiary/aromatic N) is 2. The number of carbonyl (C=O) groups excluding carboxylic acids is 15. The fourth-order valence-electron chi connectivity index (χ4n) is 10.8. The van der Waals surface area contributed by atoms with Crippen molar-refractivity contribution in [2.75, 3.05) is 26.2 Å². The zero-order valence-electron chi connectivity index (χ0n) is 57.1. The Morgan fingerprint density at radius 1 is 0.485 bits per heavy atom. The molecule has 2 aliphatic rings. The lowest BCUT2D eigenvalue weighted by Crippen LogP contribution is -2.62. The number of carbonyl (C=O) groups is 18. The Balaban J connectivity index is 1.91. The topological polar surface area (TPSA) is 680 Å². The van der Waals surface area contributed by atoms with Crippen LogP contribution in [0, 0.1) is 5.92 Å². The number of nitrogens with one attached hydrogen (secondary N) is 10.